The normalized spacial score (nSPS) is 36.8. The Morgan fingerprint density at radius 1 is 1.21 bits per heavy atom. The average molecular weight is 360 g/mol. The van der Waals surface area contributed by atoms with E-state index in [1.54, 1.807) is 12.1 Å². The molecule has 6 N–H and O–H groups in total. The van der Waals surface area contributed by atoms with E-state index in [1.807, 2.05) is 0 Å². The fourth-order valence-corrected chi connectivity index (χ4v) is 3.07. The van der Waals surface area contributed by atoms with Gasteiger partial charge in [0.2, 0.25) is 11.8 Å². The predicted molar refractivity (Wildman–Crippen MR) is 79.1 cm³/mol. The summed E-state index contributed by atoms with van der Waals surface area (Å²) >= 11 is 5.48. The first kappa shape index (κ1) is 17.0. The van der Waals surface area contributed by atoms with Crippen molar-refractivity contribution in [2.75, 3.05) is 0 Å². The van der Waals surface area contributed by atoms with Crippen molar-refractivity contribution in [1.29, 1.82) is 0 Å². The number of halogens is 1. The SMILES string of the molecule is O=C(O)[C@H]1O[C@](O)(Cl)[C@H](O)[C@@H](O)[C@@]1(O)n1cc(O)c2ccccc21. The highest BCUT2D eigenvalue weighted by atomic mass is 35.5. The van der Waals surface area contributed by atoms with Crippen molar-refractivity contribution in [3.05, 3.63) is 30.5 Å². The Labute approximate surface area is 139 Å². The maximum atomic E-state index is 11.5. The number of nitrogens with zero attached hydrogens (tertiary/aromatic N) is 1. The van der Waals surface area contributed by atoms with Crippen LogP contribution in [0, 0.1) is 0 Å². The molecule has 130 valence electrons. The summed E-state index contributed by atoms with van der Waals surface area (Å²) in [4.78, 5) is 11.5. The molecule has 0 radical (unpaired) electrons. The van der Waals surface area contributed by atoms with Crippen molar-refractivity contribution >= 4 is 28.5 Å². The molecule has 5 atom stereocenters. The lowest BCUT2D eigenvalue weighted by Crippen LogP contribution is -2.71. The third-order valence-corrected chi connectivity index (χ3v) is 4.38. The van der Waals surface area contributed by atoms with Crippen molar-refractivity contribution in [1.82, 2.24) is 4.57 Å². The molecule has 0 bridgehead atoms. The number of aliphatic carboxylic acids is 1. The predicted octanol–water partition coefficient (Wildman–Crippen LogP) is -0.918. The summed E-state index contributed by atoms with van der Waals surface area (Å²) < 4.78 is 5.56. The van der Waals surface area contributed by atoms with Gasteiger partial charge >= 0.3 is 5.97 Å². The average Bonchev–Trinajstić information content (AvgIpc) is 2.87. The molecular formula is C14H14ClNO8. The summed E-state index contributed by atoms with van der Waals surface area (Å²) in [6.07, 6.45) is -5.74. The first-order valence-electron chi connectivity index (χ1n) is 6.80. The van der Waals surface area contributed by atoms with Gasteiger partial charge in [-0.05, 0) is 12.1 Å². The van der Waals surface area contributed by atoms with Crippen LogP contribution in [0.15, 0.2) is 30.5 Å². The molecule has 1 aromatic heterocycles. The minimum atomic E-state index is -2.92. The molecular weight excluding hydrogens is 346 g/mol. The van der Waals surface area contributed by atoms with Crippen molar-refractivity contribution in [3.8, 4) is 5.75 Å². The standard InChI is InChI=1S/C14H14ClNO8/c15-14(23)10(19)9(18)13(22,11(24-14)12(20)21)16-5-8(17)6-3-1-2-4-7(6)16/h1-5,9-11,17-19,22-23H,(H,20,21)/t9-,10-,11-,13+,14+/m1/s1. The molecule has 1 fully saturated rings. The zero-order valence-electron chi connectivity index (χ0n) is 11.9. The van der Waals surface area contributed by atoms with Crippen LogP contribution >= 0.6 is 11.6 Å². The number of rotatable bonds is 2. The molecule has 1 aromatic carbocycles. The fraction of sp³-hybridized carbons (Fsp3) is 0.357. The van der Waals surface area contributed by atoms with Gasteiger partial charge in [-0.3, -0.25) is 0 Å². The zero-order valence-corrected chi connectivity index (χ0v) is 12.7. The molecule has 0 saturated carbocycles. The molecule has 2 heterocycles. The van der Waals surface area contributed by atoms with Crippen LogP contribution in [0.4, 0.5) is 0 Å². The Bertz CT molecular complexity index is 805. The summed E-state index contributed by atoms with van der Waals surface area (Å²) in [5.74, 6) is -2.05. The second-order valence-corrected chi connectivity index (χ2v) is 6.06. The summed E-state index contributed by atoms with van der Waals surface area (Å²) in [5, 5.41) is 57.5. The van der Waals surface area contributed by atoms with Gasteiger partial charge in [-0.25, -0.2) is 4.79 Å². The van der Waals surface area contributed by atoms with Gasteiger partial charge in [-0.1, -0.05) is 23.7 Å². The third kappa shape index (κ3) is 2.18. The van der Waals surface area contributed by atoms with Crippen LogP contribution in [0.3, 0.4) is 0 Å². The summed E-state index contributed by atoms with van der Waals surface area (Å²) in [7, 11) is 0. The van der Waals surface area contributed by atoms with E-state index in [0.29, 0.717) is 0 Å². The Morgan fingerprint density at radius 2 is 1.83 bits per heavy atom. The van der Waals surface area contributed by atoms with E-state index < -0.39 is 35.3 Å². The number of para-hydroxylation sites is 1. The monoisotopic (exact) mass is 359 g/mol. The van der Waals surface area contributed by atoms with Crippen LogP contribution in [-0.4, -0.2) is 64.7 Å². The number of fused-ring (bicyclic) bond motifs is 1. The molecule has 24 heavy (non-hydrogen) atoms. The number of aliphatic hydroxyl groups excluding tert-OH is 2. The molecule has 9 nitrogen and oxygen atoms in total. The van der Waals surface area contributed by atoms with Gasteiger partial charge in [-0.15, -0.1) is 0 Å². The van der Waals surface area contributed by atoms with Gasteiger partial charge in [0, 0.05) is 11.6 Å². The topological polar surface area (TPSA) is 153 Å². The lowest BCUT2D eigenvalue weighted by molar-refractivity contribution is -0.353. The van der Waals surface area contributed by atoms with Gasteiger partial charge in [0.15, 0.2) is 6.10 Å². The molecule has 0 unspecified atom stereocenters. The summed E-state index contributed by atoms with van der Waals surface area (Å²) in [5.41, 5.74) is -2.59. The molecule has 1 aliphatic rings. The van der Waals surface area contributed by atoms with Crippen molar-refractivity contribution in [2.24, 2.45) is 0 Å². The molecule has 2 aromatic rings. The van der Waals surface area contributed by atoms with E-state index >= 15 is 0 Å². The minimum absolute atomic E-state index is 0.165. The number of aromatic hydroxyl groups is 1. The molecule has 1 saturated heterocycles. The lowest BCUT2D eigenvalue weighted by atomic mass is 9.91. The zero-order chi connectivity index (χ0) is 17.9. The Hall–Kier alpha value is -1.88. The number of hydrogen-bond acceptors (Lipinski definition) is 7. The van der Waals surface area contributed by atoms with E-state index in [4.69, 9.17) is 16.3 Å². The first-order chi connectivity index (χ1) is 11.1. The van der Waals surface area contributed by atoms with Crippen molar-refractivity contribution in [2.45, 2.75) is 29.3 Å². The first-order valence-corrected chi connectivity index (χ1v) is 7.18. The quantitative estimate of drug-likeness (QED) is 0.376. The van der Waals surface area contributed by atoms with E-state index in [-0.39, 0.29) is 16.7 Å². The number of benzene rings is 1. The highest BCUT2D eigenvalue weighted by Gasteiger charge is 2.64. The molecule has 10 heteroatoms. The summed E-state index contributed by atoms with van der Waals surface area (Å²) in [6, 6.07) is 6.12. The molecule has 0 amide bonds. The maximum Gasteiger partial charge on any atom is 0.338 e. The number of alkyl halides is 1. The number of carboxylic acids is 1. The van der Waals surface area contributed by atoms with E-state index in [9.17, 15) is 35.4 Å². The van der Waals surface area contributed by atoms with E-state index in [2.05, 4.69) is 0 Å². The second kappa shape index (κ2) is 5.31. The smallest absolute Gasteiger partial charge is 0.338 e. The van der Waals surface area contributed by atoms with Crippen LogP contribution < -0.4 is 0 Å². The molecule has 3 rings (SSSR count). The molecule has 1 aliphatic heterocycles. The van der Waals surface area contributed by atoms with Crippen LogP contribution in [0.1, 0.15) is 0 Å². The third-order valence-electron chi connectivity index (χ3n) is 4.07. The number of carboxylic acid groups (broad SMARTS) is 1. The van der Waals surface area contributed by atoms with Crippen LogP contribution in [-0.2, 0) is 15.3 Å². The Balaban J connectivity index is 2.26. The Morgan fingerprint density at radius 3 is 2.46 bits per heavy atom. The highest BCUT2D eigenvalue weighted by Crippen LogP contribution is 2.43. The van der Waals surface area contributed by atoms with Crippen LogP contribution in [0.5, 0.6) is 5.75 Å². The molecule has 0 spiro atoms. The van der Waals surface area contributed by atoms with Gasteiger partial charge < -0.3 is 39.9 Å². The minimum Gasteiger partial charge on any atom is -0.506 e. The highest BCUT2D eigenvalue weighted by molar-refractivity contribution is 6.22. The number of aromatic nitrogens is 1. The Kier molecular flexibility index (Phi) is 3.75. The fourth-order valence-electron chi connectivity index (χ4n) is 2.86. The largest absolute Gasteiger partial charge is 0.506 e. The maximum absolute atomic E-state index is 11.5. The molecule has 0 aliphatic carbocycles. The van der Waals surface area contributed by atoms with Gasteiger partial charge in [0.25, 0.3) is 5.25 Å². The number of aliphatic hydroxyl groups is 4. The van der Waals surface area contributed by atoms with Gasteiger partial charge in [0.1, 0.15) is 11.9 Å². The lowest BCUT2D eigenvalue weighted by Gasteiger charge is -2.48. The van der Waals surface area contributed by atoms with Crippen LogP contribution in [0.2, 0.25) is 0 Å². The van der Waals surface area contributed by atoms with E-state index in [1.165, 1.54) is 12.1 Å². The van der Waals surface area contributed by atoms with Crippen molar-refractivity contribution < 1.29 is 40.2 Å². The number of carbonyl (C=O) groups is 1. The number of hydrogen-bond donors (Lipinski definition) is 6. The van der Waals surface area contributed by atoms with Crippen LogP contribution in [0.25, 0.3) is 10.9 Å². The van der Waals surface area contributed by atoms with Gasteiger partial charge in [0.05, 0.1) is 5.52 Å². The van der Waals surface area contributed by atoms with Gasteiger partial charge in [-0.2, -0.15) is 0 Å². The second-order valence-electron chi connectivity index (χ2n) is 5.52. The number of ether oxygens (including phenoxy) is 1. The summed E-state index contributed by atoms with van der Waals surface area (Å²) in [6.45, 7) is 0. The van der Waals surface area contributed by atoms with E-state index in [0.717, 1.165) is 10.8 Å². The van der Waals surface area contributed by atoms with Crippen molar-refractivity contribution in [3.63, 3.8) is 0 Å².